The Kier molecular flexibility index (Phi) is 3.58. The van der Waals surface area contributed by atoms with Crippen molar-refractivity contribution >= 4 is 12.2 Å². The fourth-order valence-electron chi connectivity index (χ4n) is 2.53. The monoisotopic (exact) mass is 287 g/mol. The van der Waals surface area contributed by atoms with Crippen molar-refractivity contribution in [3.63, 3.8) is 0 Å². The van der Waals surface area contributed by atoms with Crippen molar-refractivity contribution in [1.82, 2.24) is 9.78 Å². The van der Waals surface area contributed by atoms with Gasteiger partial charge in [-0.3, -0.25) is 4.79 Å². The Morgan fingerprint density at radius 1 is 1.55 bits per heavy atom. The Bertz CT molecular complexity index is 512. The van der Waals surface area contributed by atoms with Crippen LogP contribution >= 0.6 is 0 Å². The summed E-state index contributed by atoms with van der Waals surface area (Å²) < 4.78 is 27.4. The summed E-state index contributed by atoms with van der Waals surface area (Å²) in [5, 5.41) is 16.7. The highest BCUT2D eigenvalue weighted by atomic mass is 19.3. The van der Waals surface area contributed by atoms with Crippen molar-refractivity contribution in [1.29, 1.82) is 0 Å². The molecule has 0 atom stereocenters. The van der Waals surface area contributed by atoms with E-state index in [1.807, 2.05) is 0 Å². The molecular weight excluding hydrogens is 268 g/mol. The molecule has 0 spiro atoms. The second-order valence-corrected chi connectivity index (χ2v) is 6.05. The molecule has 2 N–H and O–H groups in total. The minimum Gasteiger partial charge on any atom is -0.389 e. The summed E-state index contributed by atoms with van der Waals surface area (Å²) in [6.45, 7) is 5.15. The fraction of sp³-hybridized carbons (Fsp3) is 0.692. The largest absolute Gasteiger partial charge is 0.389 e. The van der Waals surface area contributed by atoms with Crippen LogP contribution in [-0.2, 0) is 11.3 Å². The second kappa shape index (κ2) is 4.80. The number of aliphatic hydroxyl groups is 1. The van der Waals surface area contributed by atoms with Crippen LogP contribution in [0, 0.1) is 6.92 Å². The predicted molar refractivity (Wildman–Crippen MR) is 69.9 cm³/mol. The summed E-state index contributed by atoms with van der Waals surface area (Å²) in [6, 6.07) is 0. The van der Waals surface area contributed by atoms with Gasteiger partial charge in [0.25, 0.3) is 0 Å². The maximum atomic E-state index is 13.0. The summed E-state index contributed by atoms with van der Waals surface area (Å²) in [6.07, 6.45) is 0.0891. The average Bonchev–Trinajstić information content (AvgIpc) is 2.52. The van der Waals surface area contributed by atoms with Gasteiger partial charge in [-0.25, -0.2) is 13.5 Å². The van der Waals surface area contributed by atoms with E-state index in [0.29, 0.717) is 23.5 Å². The van der Waals surface area contributed by atoms with E-state index in [4.69, 9.17) is 0 Å². The summed E-state index contributed by atoms with van der Waals surface area (Å²) >= 11 is 0. The molecule has 1 aromatic rings. The molecule has 112 valence electrons. The van der Waals surface area contributed by atoms with Crippen LogP contribution in [0.15, 0.2) is 0 Å². The van der Waals surface area contributed by atoms with Crippen molar-refractivity contribution in [2.45, 2.75) is 57.6 Å². The quantitative estimate of drug-likeness (QED) is 0.814. The second-order valence-electron chi connectivity index (χ2n) is 6.05. The van der Waals surface area contributed by atoms with Gasteiger partial charge in [0, 0.05) is 24.3 Å². The molecular formula is C13H19F2N3O2. The van der Waals surface area contributed by atoms with Gasteiger partial charge in [-0.15, -0.1) is 0 Å². The van der Waals surface area contributed by atoms with Crippen molar-refractivity contribution in [3.8, 4) is 0 Å². The highest BCUT2D eigenvalue weighted by molar-refractivity contribution is 5.71. The number of halogens is 2. The highest BCUT2D eigenvalue weighted by Crippen LogP contribution is 2.49. The number of alkyl halides is 2. The minimum atomic E-state index is -2.62. The van der Waals surface area contributed by atoms with Gasteiger partial charge >= 0.3 is 0 Å². The predicted octanol–water partition coefficient (Wildman–Crippen LogP) is 2.04. The van der Waals surface area contributed by atoms with Gasteiger partial charge in [0.1, 0.15) is 5.82 Å². The van der Waals surface area contributed by atoms with Crippen molar-refractivity contribution in [2.24, 2.45) is 0 Å². The maximum absolute atomic E-state index is 13.0. The van der Waals surface area contributed by atoms with Gasteiger partial charge in [0.2, 0.25) is 12.3 Å². The Hall–Kier alpha value is -1.50. The lowest BCUT2D eigenvalue weighted by molar-refractivity contribution is -0.105. The normalized spacial score (nSPS) is 18.7. The summed E-state index contributed by atoms with van der Waals surface area (Å²) in [5.41, 5.74) is 0.241. The van der Waals surface area contributed by atoms with E-state index in [9.17, 15) is 18.7 Å². The molecule has 0 radical (unpaired) electrons. The van der Waals surface area contributed by atoms with Gasteiger partial charge in [-0.1, -0.05) is 0 Å². The third kappa shape index (κ3) is 2.98. The number of hydrogen-bond acceptors (Lipinski definition) is 3. The molecule has 0 saturated heterocycles. The number of nitrogens with zero attached hydrogens (tertiary/aromatic N) is 2. The Morgan fingerprint density at radius 2 is 2.15 bits per heavy atom. The molecule has 1 aliphatic rings. The van der Waals surface area contributed by atoms with E-state index in [2.05, 4.69) is 10.4 Å². The minimum absolute atomic E-state index is 0.174. The van der Waals surface area contributed by atoms with E-state index in [1.54, 1.807) is 20.8 Å². The molecule has 0 aliphatic heterocycles. The number of amides is 1. The molecule has 5 nitrogen and oxygen atoms in total. The van der Waals surface area contributed by atoms with Crippen LogP contribution in [0.2, 0.25) is 0 Å². The number of rotatable bonds is 5. The molecule has 7 heteroatoms. The standard InChI is InChI=1S/C13H19F2N3O2/c1-8-10(9-4-13(14,15)5-9)17-18(6-12(2,3)20)11(8)16-7-19/h7,9,20H,4-6H2,1-3H3,(H,16,19). The number of nitrogens with one attached hydrogen (secondary N) is 1. The molecule has 1 amide bonds. The van der Waals surface area contributed by atoms with E-state index >= 15 is 0 Å². The first-order valence-corrected chi connectivity index (χ1v) is 6.51. The maximum Gasteiger partial charge on any atom is 0.249 e. The molecule has 2 rings (SSSR count). The molecule has 20 heavy (non-hydrogen) atoms. The van der Waals surface area contributed by atoms with Gasteiger partial charge in [-0.05, 0) is 20.8 Å². The van der Waals surface area contributed by atoms with Crippen LogP contribution in [0.4, 0.5) is 14.6 Å². The zero-order valence-electron chi connectivity index (χ0n) is 11.8. The Balaban J connectivity index is 2.30. The average molecular weight is 287 g/mol. The van der Waals surface area contributed by atoms with Crippen molar-refractivity contribution in [3.05, 3.63) is 11.3 Å². The first-order valence-electron chi connectivity index (χ1n) is 6.51. The number of hydrogen-bond donors (Lipinski definition) is 2. The van der Waals surface area contributed by atoms with Crippen LogP contribution < -0.4 is 5.32 Å². The molecule has 1 aromatic heterocycles. The molecule has 0 unspecified atom stereocenters. The highest BCUT2D eigenvalue weighted by Gasteiger charge is 2.47. The number of carbonyl (C=O) groups excluding carboxylic acids is 1. The van der Waals surface area contributed by atoms with Crippen LogP contribution in [0.5, 0.6) is 0 Å². The Labute approximate surface area is 116 Å². The van der Waals surface area contributed by atoms with E-state index in [1.165, 1.54) is 4.68 Å². The summed E-state index contributed by atoms with van der Waals surface area (Å²) in [5.74, 6) is -2.46. The first-order chi connectivity index (χ1) is 9.13. The zero-order valence-corrected chi connectivity index (χ0v) is 11.8. The van der Waals surface area contributed by atoms with E-state index < -0.39 is 11.5 Å². The van der Waals surface area contributed by atoms with Crippen LogP contribution in [0.25, 0.3) is 0 Å². The van der Waals surface area contributed by atoms with Gasteiger partial charge in [0.15, 0.2) is 0 Å². The first kappa shape index (κ1) is 14.9. The molecule has 1 heterocycles. The third-order valence-corrected chi connectivity index (χ3v) is 3.44. The third-order valence-electron chi connectivity index (χ3n) is 3.44. The van der Waals surface area contributed by atoms with Gasteiger partial charge in [0.05, 0.1) is 17.8 Å². The van der Waals surface area contributed by atoms with Crippen LogP contribution in [0.1, 0.15) is 43.9 Å². The smallest absolute Gasteiger partial charge is 0.249 e. The summed E-state index contributed by atoms with van der Waals surface area (Å²) in [4.78, 5) is 10.7. The number of carbonyl (C=O) groups is 1. The molecule has 1 fully saturated rings. The zero-order chi connectivity index (χ0) is 15.1. The number of aromatic nitrogens is 2. The fourth-order valence-corrected chi connectivity index (χ4v) is 2.53. The summed E-state index contributed by atoms with van der Waals surface area (Å²) in [7, 11) is 0. The van der Waals surface area contributed by atoms with Crippen LogP contribution in [0.3, 0.4) is 0 Å². The van der Waals surface area contributed by atoms with E-state index in [0.717, 1.165) is 0 Å². The van der Waals surface area contributed by atoms with Crippen LogP contribution in [-0.4, -0.2) is 32.8 Å². The van der Waals surface area contributed by atoms with Crippen molar-refractivity contribution in [2.75, 3.05) is 5.32 Å². The molecule has 1 aliphatic carbocycles. The topological polar surface area (TPSA) is 67.2 Å². The molecule has 0 bridgehead atoms. The van der Waals surface area contributed by atoms with Gasteiger partial charge < -0.3 is 10.4 Å². The molecule has 1 saturated carbocycles. The van der Waals surface area contributed by atoms with Gasteiger partial charge in [-0.2, -0.15) is 5.10 Å². The van der Waals surface area contributed by atoms with E-state index in [-0.39, 0.29) is 25.3 Å². The molecule has 0 aromatic carbocycles. The lowest BCUT2D eigenvalue weighted by Gasteiger charge is -2.34. The SMILES string of the molecule is Cc1c(C2CC(F)(F)C2)nn(CC(C)(C)O)c1NC=O. The Morgan fingerprint density at radius 3 is 2.60 bits per heavy atom. The lowest BCUT2D eigenvalue weighted by Crippen LogP contribution is -2.34. The lowest BCUT2D eigenvalue weighted by atomic mass is 9.78. The number of anilines is 1. The van der Waals surface area contributed by atoms with Crippen molar-refractivity contribution < 1.29 is 18.7 Å².